The molecule has 166 valence electrons. The van der Waals surface area contributed by atoms with E-state index in [1.54, 1.807) is 0 Å². The Bertz CT molecular complexity index is 1180. The number of nitrogens with two attached hydrogens (primary N) is 1. The van der Waals surface area contributed by atoms with Crippen LogP contribution in [-0.2, 0) is 22.7 Å². The highest BCUT2D eigenvalue weighted by atomic mass is 35.5. The van der Waals surface area contributed by atoms with E-state index in [1.165, 1.54) is 11.8 Å². The number of rotatable bonds is 6. The van der Waals surface area contributed by atoms with Crippen molar-refractivity contribution in [2.45, 2.75) is 44.1 Å². The van der Waals surface area contributed by atoms with Gasteiger partial charge >= 0.3 is 0 Å². The molecule has 3 aromatic rings. The highest BCUT2D eigenvalue weighted by Gasteiger charge is 2.23. The molecule has 5 rings (SSSR count). The standard InChI is InChI=1S/C23H24ClN5O2S/c24-17-10-15-12-31-11-14-6-3-7-16(18(14)15)19(17)20-27-22(25)29-23(28-20)32-9-8-26-21(30)13-4-1-2-5-13/h3,6-7,10,13H,1-2,4-5,8-9,11-12H2,(H,26,30)(H2,25,27,28,29). The number of carbonyl (C=O) groups is 1. The normalized spacial score (nSPS) is 15.9. The lowest BCUT2D eigenvalue weighted by Crippen LogP contribution is -2.31. The Hall–Kier alpha value is -2.42. The number of nitrogens with zero attached hydrogens (tertiary/aromatic N) is 3. The molecule has 0 atom stereocenters. The zero-order valence-electron chi connectivity index (χ0n) is 17.6. The van der Waals surface area contributed by atoms with Crippen LogP contribution < -0.4 is 11.1 Å². The van der Waals surface area contributed by atoms with Gasteiger partial charge in [0.1, 0.15) is 0 Å². The Morgan fingerprint density at radius 2 is 2.00 bits per heavy atom. The molecule has 3 N–H and O–H groups in total. The first-order valence-electron chi connectivity index (χ1n) is 10.8. The molecule has 0 spiro atoms. The second kappa shape index (κ2) is 9.21. The van der Waals surface area contributed by atoms with Crippen molar-refractivity contribution in [1.29, 1.82) is 0 Å². The maximum Gasteiger partial charge on any atom is 0.224 e. The van der Waals surface area contributed by atoms with Gasteiger partial charge in [-0.05, 0) is 40.8 Å². The fourth-order valence-electron chi connectivity index (χ4n) is 4.54. The van der Waals surface area contributed by atoms with Crippen molar-refractivity contribution in [3.05, 3.63) is 40.4 Å². The van der Waals surface area contributed by atoms with Crippen molar-refractivity contribution in [1.82, 2.24) is 20.3 Å². The van der Waals surface area contributed by atoms with Gasteiger partial charge in [0.2, 0.25) is 11.9 Å². The topological polar surface area (TPSA) is 103 Å². The van der Waals surface area contributed by atoms with Gasteiger partial charge in [-0.3, -0.25) is 4.79 Å². The van der Waals surface area contributed by atoms with Crippen LogP contribution in [0.15, 0.2) is 29.4 Å². The van der Waals surface area contributed by atoms with Crippen molar-refractivity contribution in [2.75, 3.05) is 18.0 Å². The molecule has 32 heavy (non-hydrogen) atoms. The summed E-state index contributed by atoms with van der Waals surface area (Å²) in [6, 6.07) is 8.00. The summed E-state index contributed by atoms with van der Waals surface area (Å²) in [7, 11) is 0. The number of anilines is 1. The average Bonchev–Trinajstić information content (AvgIpc) is 3.32. The summed E-state index contributed by atoms with van der Waals surface area (Å²) >= 11 is 8.12. The molecule has 1 aliphatic heterocycles. The van der Waals surface area contributed by atoms with Crippen molar-refractivity contribution in [3.63, 3.8) is 0 Å². The van der Waals surface area contributed by atoms with Crippen LogP contribution in [0, 0.1) is 5.92 Å². The summed E-state index contributed by atoms with van der Waals surface area (Å²) in [6.07, 6.45) is 4.28. The molecule has 0 radical (unpaired) electrons. The molecule has 2 aromatic carbocycles. The van der Waals surface area contributed by atoms with Gasteiger partial charge in [0, 0.05) is 23.8 Å². The van der Waals surface area contributed by atoms with E-state index in [1.807, 2.05) is 18.2 Å². The number of halogens is 1. The van der Waals surface area contributed by atoms with Gasteiger partial charge in [0.05, 0.1) is 18.2 Å². The van der Waals surface area contributed by atoms with E-state index < -0.39 is 0 Å². The Kier molecular flexibility index (Phi) is 6.17. The summed E-state index contributed by atoms with van der Waals surface area (Å²) < 4.78 is 5.68. The monoisotopic (exact) mass is 469 g/mol. The van der Waals surface area contributed by atoms with Gasteiger partial charge in [-0.25, -0.2) is 4.98 Å². The van der Waals surface area contributed by atoms with E-state index >= 15 is 0 Å². The molecule has 1 fully saturated rings. The van der Waals surface area contributed by atoms with Crippen molar-refractivity contribution >= 4 is 46.0 Å². The lowest BCUT2D eigenvalue weighted by Gasteiger charge is -2.20. The predicted molar refractivity (Wildman–Crippen MR) is 126 cm³/mol. The van der Waals surface area contributed by atoms with Crippen LogP contribution in [-0.4, -0.2) is 33.2 Å². The van der Waals surface area contributed by atoms with Crippen molar-refractivity contribution in [3.8, 4) is 11.4 Å². The number of benzene rings is 2. The highest BCUT2D eigenvalue weighted by molar-refractivity contribution is 7.99. The number of aromatic nitrogens is 3. The lowest BCUT2D eigenvalue weighted by atomic mass is 9.94. The first-order chi connectivity index (χ1) is 15.6. The van der Waals surface area contributed by atoms with Crippen LogP contribution >= 0.6 is 23.4 Å². The Balaban J connectivity index is 1.37. The molecule has 0 unspecified atom stereocenters. The predicted octanol–water partition coefficient (Wildman–Crippen LogP) is 4.36. The third-order valence-corrected chi connectivity index (χ3v) is 7.16. The van der Waals surface area contributed by atoms with Gasteiger partial charge in [-0.1, -0.05) is 54.4 Å². The van der Waals surface area contributed by atoms with E-state index in [0.717, 1.165) is 53.1 Å². The maximum atomic E-state index is 12.2. The largest absolute Gasteiger partial charge is 0.372 e. The molecule has 7 nitrogen and oxygen atoms in total. The molecular weight excluding hydrogens is 446 g/mol. The maximum absolute atomic E-state index is 12.2. The molecule has 1 aliphatic carbocycles. The van der Waals surface area contributed by atoms with Crippen molar-refractivity contribution in [2.24, 2.45) is 5.92 Å². The highest BCUT2D eigenvalue weighted by Crippen LogP contribution is 2.39. The summed E-state index contributed by atoms with van der Waals surface area (Å²) in [5.41, 5.74) is 8.95. The molecule has 1 amide bonds. The summed E-state index contributed by atoms with van der Waals surface area (Å²) in [4.78, 5) is 25.5. The van der Waals surface area contributed by atoms with E-state index in [9.17, 15) is 4.79 Å². The Morgan fingerprint density at radius 3 is 2.84 bits per heavy atom. The van der Waals surface area contributed by atoms with Crippen LogP contribution in [0.3, 0.4) is 0 Å². The van der Waals surface area contributed by atoms with Gasteiger partial charge in [-0.15, -0.1) is 0 Å². The zero-order chi connectivity index (χ0) is 22.1. The molecule has 1 aromatic heterocycles. The van der Waals surface area contributed by atoms with E-state index in [-0.39, 0.29) is 17.8 Å². The number of hydrogen-bond acceptors (Lipinski definition) is 7. The number of thioether (sulfide) groups is 1. The van der Waals surface area contributed by atoms with Crippen LogP contribution in [0.2, 0.25) is 5.02 Å². The number of ether oxygens (including phenoxy) is 1. The zero-order valence-corrected chi connectivity index (χ0v) is 19.1. The minimum atomic E-state index is 0.146. The number of nitrogen functional groups attached to an aromatic ring is 1. The summed E-state index contributed by atoms with van der Waals surface area (Å²) in [5, 5.41) is 6.22. The van der Waals surface area contributed by atoms with Crippen LogP contribution in [0.25, 0.3) is 22.2 Å². The molecule has 9 heteroatoms. The first kappa shape index (κ1) is 21.4. The second-order valence-electron chi connectivity index (χ2n) is 8.15. The smallest absolute Gasteiger partial charge is 0.224 e. The number of hydrogen-bond donors (Lipinski definition) is 2. The summed E-state index contributed by atoms with van der Waals surface area (Å²) in [6.45, 7) is 1.65. The molecule has 2 aliphatic rings. The number of nitrogens with one attached hydrogen (secondary N) is 1. The van der Waals surface area contributed by atoms with Crippen LogP contribution in [0.4, 0.5) is 5.95 Å². The Labute approximate surface area is 195 Å². The third kappa shape index (κ3) is 4.27. The van der Waals surface area contributed by atoms with Crippen LogP contribution in [0.1, 0.15) is 36.8 Å². The lowest BCUT2D eigenvalue weighted by molar-refractivity contribution is -0.124. The summed E-state index contributed by atoms with van der Waals surface area (Å²) in [5.74, 6) is 1.57. The van der Waals surface area contributed by atoms with Crippen LogP contribution in [0.5, 0.6) is 0 Å². The van der Waals surface area contributed by atoms with Gasteiger partial charge < -0.3 is 15.8 Å². The average molecular weight is 470 g/mol. The van der Waals surface area contributed by atoms with E-state index in [4.69, 9.17) is 22.1 Å². The molecule has 2 heterocycles. The number of carbonyl (C=O) groups excluding carboxylic acids is 1. The van der Waals surface area contributed by atoms with Crippen molar-refractivity contribution < 1.29 is 9.53 Å². The minimum Gasteiger partial charge on any atom is -0.372 e. The fourth-order valence-corrected chi connectivity index (χ4v) is 5.56. The van der Waals surface area contributed by atoms with Gasteiger partial charge in [0.15, 0.2) is 11.0 Å². The first-order valence-corrected chi connectivity index (χ1v) is 12.2. The fraction of sp³-hybridized carbons (Fsp3) is 0.391. The SMILES string of the molecule is Nc1nc(SCCNC(=O)C2CCCC2)nc(-c2c(Cl)cc3c4c(cccc24)COC3)n1. The van der Waals surface area contributed by atoms with Gasteiger partial charge in [-0.2, -0.15) is 9.97 Å². The number of amides is 1. The quantitative estimate of drug-likeness (QED) is 0.408. The molecule has 0 bridgehead atoms. The van der Waals surface area contributed by atoms with Gasteiger partial charge in [0.25, 0.3) is 0 Å². The Morgan fingerprint density at radius 1 is 1.19 bits per heavy atom. The minimum absolute atomic E-state index is 0.146. The van der Waals surface area contributed by atoms with E-state index in [0.29, 0.717) is 41.5 Å². The second-order valence-corrected chi connectivity index (χ2v) is 9.61. The molecule has 1 saturated carbocycles. The third-order valence-electron chi connectivity index (χ3n) is 6.01. The molecular formula is C23H24ClN5O2S. The molecule has 0 saturated heterocycles. The van der Waals surface area contributed by atoms with E-state index in [2.05, 4.69) is 26.3 Å².